The highest BCUT2D eigenvalue weighted by Gasteiger charge is 2.33. The highest BCUT2D eigenvalue weighted by atomic mass is 79.9. The van der Waals surface area contributed by atoms with Crippen molar-refractivity contribution in [1.82, 2.24) is 15.0 Å². The molecule has 1 aliphatic rings. The van der Waals surface area contributed by atoms with Crippen LogP contribution in [-0.4, -0.2) is 46.4 Å². The van der Waals surface area contributed by atoms with E-state index in [1.807, 2.05) is 11.0 Å². The van der Waals surface area contributed by atoms with E-state index < -0.39 is 11.7 Å². The van der Waals surface area contributed by atoms with Crippen molar-refractivity contribution in [2.75, 3.05) is 25.2 Å². The fourth-order valence-electron chi connectivity index (χ4n) is 3.95. The minimum atomic E-state index is -4.48. The highest BCUT2D eigenvalue weighted by molar-refractivity contribution is 9.10. The SMILES string of the molecule is COc1ccc(N2c3cccc(-c4nc5c(Br)cc(C(F)(F)F)cc5[nH]4)c3OC[C@@H]2CO)nc1. The number of rotatable bonds is 4. The quantitative estimate of drug-likeness (QED) is 0.369. The number of aromatic nitrogens is 3. The number of ether oxygens (including phenoxy) is 2. The van der Waals surface area contributed by atoms with Gasteiger partial charge in [-0.15, -0.1) is 0 Å². The van der Waals surface area contributed by atoms with Crippen LogP contribution in [-0.2, 0) is 6.18 Å². The van der Waals surface area contributed by atoms with Crippen LogP contribution in [0.15, 0.2) is 53.1 Å². The summed E-state index contributed by atoms with van der Waals surface area (Å²) in [4.78, 5) is 13.8. The molecule has 0 saturated heterocycles. The molecule has 0 spiro atoms. The van der Waals surface area contributed by atoms with Crippen LogP contribution in [0.2, 0.25) is 0 Å². The lowest BCUT2D eigenvalue weighted by atomic mass is 10.1. The van der Waals surface area contributed by atoms with E-state index in [-0.39, 0.29) is 29.2 Å². The number of anilines is 2. The van der Waals surface area contributed by atoms with Crippen molar-refractivity contribution in [3.8, 4) is 22.9 Å². The van der Waals surface area contributed by atoms with E-state index in [0.29, 0.717) is 39.9 Å². The maximum absolute atomic E-state index is 13.3. The van der Waals surface area contributed by atoms with Crippen molar-refractivity contribution in [1.29, 1.82) is 0 Å². The molecular formula is C23H18BrF3N4O3. The largest absolute Gasteiger partial charge is 0.495 e. The number of nitrogens with one attached hydrogen (secondary N) is 1. The molecular weight excluding hydrogens is 517 g/mol. The molecule has 7 nitrogen and oxygen atoms in total. The highest BCUT2D eigenvalue weighted by Crippen LogP contribution is 2.45. The third kappa shape index (κ3) is 3.84. The van der Waals surface area contributed by atoms with Crippen LogP contribution in [0.4, 0.5) is 24.7 Å². The molecule has 11 heteroatoms. The van der Waals surface area contributed by atoms with Gasteiger partial charge in [-0.2, -0.15) is 13.2 Å². The number of fused-ring (bicyclic) bond motifs is 2. The molecule has 0 bridgehead atoms. The number of methoxy groups -OCH3 is 1. The van der Waals surface area contributed by atoms with E-state index in [9.17, 15) is 18.3 Å². The fraction of sp³-hybridized carbons (Fsp3) is 0.217. The third-order valence-corrected chi connectivity index (χ3v) is 6.18. The molecule has 5 rings (SSSR count). The second-order valence-corrected chi connectivity index (χ2v) is 8.52. The molecule has 1 atom stereocenters. The molecule has 2 N–H and O–H groups in total. The Morgan fingerprint density at radius 1 is 1.26 bits per heavy atom. The van der Waals surface area contributed by atoms with Gasteiger partial charge in [0.15, 0.2) is 5.75 Å². The van der Waals surface area contributed by atoms with Gasteiger partial charge in [-0.1, -0.05) is 6.07 Å². The summed E-state index contributed by atoms with van der Waals surface area (Å²) in [5.74, 6) is 2.02. The molecule has 0 saturated carbocycles. The predicted octanol–water partition coefficient (Wildman–Crippen LogP) is 5.31. The van der Waals surface area contributed by atoms with Gasteiger partial charge in [-0.3, -0.25) is 0 Å². The predicted molar refractivity (Wildman–Crippen MR) is 124 cm³/mol. The second kappa shape index (κ2) is 8.48. The summed E-state index contributed by atoms with van der Waals surface area (Å²) in [6.07, 6.45) is -2.90. The van der Waals surface area contributed by atoms with Crippen LogP contribution >= 0.6 is 15.9 Å². The molecule has 176 valence electrons. The standard InChI is InChI=1S/C23H18BrF3N4O3/c1-33-14-5-6-19(28-9-14)31-13(10-32)11-34-21-15(3-2-4-18(21)31)22-29-17-8-12(23(25,26)27)7-16(24)20(17)30-22/h2-9,13,32H,10-11H2,1H3,(H,29,30)/t13-/m0/s1. The third-order valence-electron chi connectivity index (χ3n) is 5.58. The second-order valence-electron chi connectivity index (χ2n) is 7.66. The average Bonchev–Trinajstić information content (AvgIpc) is 3.27. The van der Waals surface area contributed by atoms with Crippen LogP contribution in [0, 0.1) is 0 Å². The maximum Gasteiger partial charge on any atom is 0.416 e. The van der Waals surface area contributed by atoms with Gasteiger partial charge in [0, 0.05) is 4.47 Å². The first-order valence-electron chi connectivity index (χ1n) is 10.2. The zero-order valence-electron chi connectivity index (χ0n) is 17.7. The molecule has 0 unspecified atom stereocenters. The molecule has 2 aromatic carbocycles. The molecule has 4 aromatic rings. The molecule has 0 radical (unpaired) electrons. The van der Waals surface area contributed by atoms with Gasteiger partial charge in [-0.25, -0.2) is 9.97 Å². The normalized spacial score (nSPS) is 15.8. The number of aliphatic hydroxyl groups is 1. The number of hydrogen-bond acceptors (Lipinski definition) is 6. The average molecular weight is 535 g/mol. The minimum absolute atomic E-state index is 0.171. The van der Waals surface area contributed by atoms with Gasteiger partial charge in [0.1, 0.15) is 29.5 Å². The van der Waals surface area contributed by atoms with E-state index in [1.165, 1.54) is 0 Å². The topological polar surface area (TPSA) is 83.5 Å². The molecule has 1 aliphatic heterocycles. The molecule has 0 amide bonds. The monoisotopic (exact) mass is 534 g/mol. The Bertz CT molecular complexity index is 1360. The first-order valence-corrected chi connectivity index (χ1v) is 11.0. The van der Waals surface area contributed by atoms with Crippen molar-refractivity contribution in [2.24, 2.45) is 0 Å². The van der Waals surface area contributed by atoms with Gasteiger partial charge in [-0.05, 0) is 52.3 Å². The van der Waals surface area contributed by atoms with Crippen molar-refractivity contribution >= 4 is 38.5 Å². The first kappa shape index (κ1) is 22.5. The summed E-state index contributed by atoms with van der Waals surface area (Å²) in [7, 11) is 1.55. The summed E-state index contributed by atoms with van der Waals surface area (Å²) in [5, 5.41) is 9.96. The van der Waals surface area contributed by atoms with E-state index in [1.54, 1.807) is 37.6 Å². The van der Waals surface area contributed by atoms with Crippen molar-refractivity contribution in [2.45, 2.75) is 12.2 Å². The zero-order valence-corrected chi connectivity index (χ0v) is 19.3. The Morgan fingerprint density at radius 3 is 2.76 bits per heavy atom. The van der Waals surface area contributed by atoms with E-state index in [2.05, 4.69) is 30.9 Å². The summed E-state index contributed by atoms with van der Waals surface area (Å²) in [6.45, 7) is 0.00550. The number of aromatic amines is 1. The Morgan fingerprint density at radius 2 is 2.09 bits per heavy atom. The van der Waals surface area contributed by atoms with Crippen molar-refractivity contribution in [3.63, 3.8) is 0 Å². The number of alkyl halides is 3. The fourth-order valence-corrected chi connectivity index (χ4v) is 4.50. The van der Waals surface area contributed by atoms with Crippen molar-refractivity contribution in [3.05, 3.63) is 58.7 Å². The first-order chi connectivity index (χ1) is 16.3. The Hall–Kier alpha value is -3.31. The minimum Gasteiger partial charge on any atom is -0.495 e. The van der Waals surface area contributed by atoms with Gasteiger partial charge in [0.2, 0.25) is 0 Å². The number of nitrogens with zero attached hydrogens (tertiary/aromatic N) is 3. The number of hydrogen-bond donors (Lipinski definition) is 2. The molecule has 0 fully saturated rings. The Kier molecular flexibility index (Phi) is 5.61. The van der Waals surface area contributed by atoms with Gasteiger partial charge >= 0.3 is 6.18 Å². The lowest BCUT2D eigenvalue weighted by molar-refractivity contribution is -0.137. The maximum atomic E-state index is 13.3. The van der Waals surface area contributed by atoms with Crippen LogP contribution in [0.5, 0.6) is 11.5 Å². The number of imidazole rings is 1. The van der Waals surface area contributed by atoms with E-state index in [4.69, 9.17) is 9.47 Å². The number of aliphatic hydroxyl groups excluding tert-OH is 1. The van der Waals surface area contributed by atoms with Gasteiger partial charge in [0.25, 0.3) is 0 Å². The smallest absolute Gasteiger partial charge is 0.416 e. The number of H-pyrrole nitrogens is 1. The van der Waals surface area contributed by atoms with Gasteiger partial charge in [0.05, 0.1) is 48.3 Å². The number of pyridine rings is 1. The summed E-state index contributed by atoms with van der Waals surface area (Å²) < 4.78 is 51.2. The zero-order chi connectivity index (χ0) is 24.0. The molecule has 0 aliphatic carbocycles. The van der Waals surface area contributed by atoms with Crippen LogP contribution in [0.25, 0.3) is 22.4 Å². The summed E-state index contributed by atoms with van der Waals surface area (Å²) >= 11 is 3.20. The van der Waals surface area contributed by atoms with E-state index >= 15 is 0 Å². The Labute approximate surface area is 200 Å². The number of para-hydroxylation sites is 1. The van der Waals surface area contributed by atoms with Crippen LogP contribution < -0.4 is 14.4 Å². The van der Waals surface area contributed by atoms with Crippen molar-refractivity contribution < 1.29 is 27.8 Å². The molecule has 2 aromatic heterocycles. The lowest BCUT2D eigenvalue weighted by Crippen LogP contribution is -2.43. The Balaban J connectivity index is 1.63. The number of benzene rings is 2. The van der Waals surface area contributed by atoms with Gasteiger partial charge < -0.3 is 24.5 Å². The summed E-state index contributed by atoms with van der Waals surface area (Å²) in [5.41, 5.74) is 1.06. The molecule has 3 heterocycles. The molecule has 34 heavy (non-hydrogen) atoms. The summed E-state index contributed by atoms with van der Waals surface area (Å²) in [6, 6.07) is 10.6. The number of halogens is 4. The van der Waals surface area contributed by atoms with Crippen LogP contribution in [0.3, 0.4) is 0 Å². The van der Waals surface area contributed by atoms with Crippen LogP contribution in [0.1, 0.15) is 5.56 Å². The lowest BCUT2D eigenvalue weighted by Gasteiger charge is -2.37. The van der Waals surface area contributed by atoms with E-state index in [0.717, 1.165) is 12.1 Å².